The van der Waals surface area contributed by atoms with Gasteiger partial charge >= 0.3 is 0 Å². The number of nitrogens with one attached hydrogen (secondary N) is 1. The normalized spacial score (nSPS) is 22.5. The fourth-order valence-electron chi connectivity index (χ4n) is 1.59. The molecule has 0 amide bonds. The van der Waals surface area contributed by atoms with Gasteiger partial charge in [-0.15, -0.1) is 11.3 Å². The molecule has 0 aromatic carbocycles. The Kier molecular flexibility index (Phi) is 4.35. The van der Waals surface area contributed by atoms with Crippen LogP contribution in [0, 0.1) is 0 Å². The van der Waals surface area contributed by atoms with Crippen molar-refractivity contribution in [2.24, 2.45) is 0 Å². The first-order chi connectivity index (χ1) is 6.84. The molecule has 1 aliphatic rings. The van der Waals surface area contributed by atoms with E-state index < -0.39 is 0 Å². The van der Waals surface area contributed by atoms with Crippen molar-refractivity contribution in [1.82, 2.24) is 5.32 Å². The van der Waals surface area contributed by atoms with Crippen LogP contribution >= 0.6 is 39.0 Å². The molecular weight excluding hydrogens is 278 g/mol. The van der Waals surface area contributed by atoms with Crippen LogP contribution in [0.2, 0.25) is 0 Å². The van der Waals surface area contributed by atoms with E-state index in [1.54, 1.807) is 0 Å². The summed E-state index contributed by atoms with van der Waals surface area (Å²) in [4.78, 5) is 1.42. The van der Waals surface area contributed by atoms with Crippen molar-refractivity contribution in [1.29, 1.82) is 0 Å². The molecule has 0 spiro atoms. The van der Waals surface area contributed by atoms with Crippen LogP contribution in [-0.4, -0.2) is 17.5 Å². The van der Waals surface area contributed by atoms with Crippen molar-refractivity contribution >= 4 is 39.0 Å². The van der Waals surface area contributed by atoms with Crippen LogP contribution in [0.15, 0.2) is 15.9 Å². The van der Waals surface area contributed by atoms with Gasteiger partial charge < -0.3 is 5.32 Å². The maximum Gasteiger partial charge on any atom is 0.0303 e. The molecule has 1 unspecified atom stereocenters. The molecule has 1 fully saturated rings. The molecule has 1 aromatic heterocycles. The first-order valence-electron chi connectivity index (χ1n) is 4.88. The lowest BCUT2D eigenvalue weighted by atomic mass is 10.2. The Hall–Kier alpha value is 0.490. The maximum atomic E-state index is 3.62. The Labute approximate surface area is 102 Å². The first kappa shape index (κ1) is 11.0. The molecule has 2 rings (SSSR count). The Bertz CT molecular complexity index is 281. The first-order valence-corrected chi connectivity index (χ1v) is 7.71. The van der Waals surface area contributed by atoms with Gasteiger partial charge in [0.2, 0.25) is 0 Å². The molecule has 4 heteroatoms. The molecule has 1 aromatic rings. The number of rotatable bonds is 3. The Balaban J connectivity index is 1.76. The fraction of sp³-hybridized carbons (Fsp3) is 0.600. The molecule has 0 saturated carbocycles. The van der Waals surface area contributed by atoms with Gasteiger partial charge in [-0.25, -0.2) is 0 Å². The molecule has 0 bridgehead atoms. The molecule has 1 nitrogen and oxygen atoms in total. The summed E-state index contributed by atoms with van der Waals surface area (Å²) in [5.74, 6) is 2.63. The fourth-order valence-corrected chi connectivity index (χ4v) is 4.10. The number of hydrogen-bond donors (Lipinski definition) is 1. The van der Waals surface area contributed by atoms with Crippen LogP contribution in [0.4, 0.5) is 0 Å². The summed E-state index contributed by atoms with van der Waals surface area (Å²) in [5.41, 5.74) is 0. The number of thioether (sulfide) groups is 1. The summed E-state index contributed by atoms with van der Waals surface area (Å²) in [6, 6.07) is 2.93. The van der Waals surface area contributed by atoms with Gasteiger partial charge in [0.15, 0.2) is 0 Å². The molecule has 1 atom stereocenters. The van der Waals surface area contributed by atoms with Gasteiger partial charge in [-0.2, -0.15) is 11.8 Å². The zero-order valence-electron chi connectivity index (χ0n) is 7.96. The third kappa shape index (κ3) is 3.26. The predicted molar refractivity (Wildman–Crippen MR) is 69.2 cm³/mol. The Morgan fingerprint density at radius 2 is 2.50 bits per heavy atom. The van der Waals surface area contributed by atoms with E-state index in [1.165, 1.54) is 33.7 Å². The number of hydrogen-bond acceptors (Lipinski definition) is 3. The SMILES string of the molecule is Brc1csc(CNC2CCCSC2)c1. The summed E-state index contributed by atoms with van der Waals surface area (Å²) in [7, 11) is 0. The lowest BCUT2D eigenvalue weighted by Gasteiger charge is -2.22. The second kappa shape index (κ2) is 5.54. The zero-order valence-corrected chi connectivity index (χ0v) is 11.2. The zero-order chi connectivity index (χ0) is 9.80. The Morgan fingerprint density at radius 1 is 1.57 bits per heavy atom. The smallest absolute Gasteiger partial charge is 0.0303 e. The van der Waals surface area contributed by atoms with E-state index in [2.05, 4.69) is 44.5 Å². The van der Waals surface area contributed by atoms with Crippen molar-refractivity contribution in [3.63, 3.8) is 0 Å². The standard InChI is InChI=1S/C10H14BrNS2/c11-8-4-10(14-6-8)5-12-9-2-1-3-13-7-9/h4,6,9,12H,1-3,5,7H2. The lowest BCUT2D eigenvalue weighted by molar-refractivity contribution is 0.510. The molecule has 1 N–H and O–H groups in total. The largest absolute Gasteiger partial charge is 0.308 e. The van der Waals surface area contributed by atoms with Crippen LogP contribution < -0.4 is 5.32 Å². The molecule has 0 radical (unpaired) electrons. The van der Waals surface area contributed by atoms with E-state index >= 15 is 0 Å². The summed E-state index contributed by atoms with van der Waals surface area (Å²) in [6.07, 6.45) is 2.72. The van der Waals surface area contributed by atoms with Crippen molar-refractivity contribution in [2.75, 3.05) is 11.5 Å². The molecule has 2 heterocycles. The second-order valence-corrected chi connectivity index (χ2v) is 6.59. The van der Waals surface area contributed by atoms with Crippen LogP contribution in [-0.2, 0) is 6.54 Å². The van der Waals surface area contributed by atoms with Gasteiger partial charge in [0.1, 0.15) is 0 Å². The molecule has 78 valence electrons. The van der Waals surface area contributed by atoms with Crippen molar-refractivity contribution in [2.45, 2.75) is 25.4 Å². The average Bonchev–Trinajstić information content (AvgIpc) is 2.63. The van der Waals surface area contributed by atoms with Crippen LogP contribution in [0.5, 0.6) is 0 Å². The van der Waals surface area contributed by atoms with Crippen molar-refractivity contribution in [3.05, 3.63) is 20.8 Å². The van der Waals surface area contributed by atoms with Crippen molar-refractivity contribution in [3.8, 4) is 0 Å². The van der Waals surface area contributed by atoms with E-state index in [0.717, 1.165) is 12.6 Å². The van der Waals surface area contributed by atoms with Gasteiger partial charge in [0.25, 0.3) is 0 Å². The highest BCUT2D eigenvalue weighted by Gasteiger charge is 2.12. The average molecular weight is 292 g/mol. The van der Waals surface area contributed by atoms with Crippen LogP contribution in [0.3, 0.4) is 0 Å². The van der Waals surface area contributed by atoms with E-state index in [9.17, 15) is 0 Å². The molecule has 14 heavy (non-hydrogen) atoms. The highest BCUT2D eigenvalue weighted by atomic mass is 79.9. The van der Waals surface area contributed by atoms with Gasteiger partial charge in [-0.05, 0) is 40.6 Å². The molecule has 1 aliphatic heterocycles. The van der Waals surface area contributed by atoms with E-state index in [4.69, 9.17) is 0 Å². The van der Waals surface area contributed by atoms with Crippen molar-refractivity contribution < 1.29 is 0 Å². The highest BCUT2D eigenvalue weighted by Crippen LogP contribution is 2.21. The van der Waals surface area contributed by atoms with E-state index in [0.29, 0.717) is 0 Å². The monoisotopic (exact) mass is 291 g/mol. The van der Waals surface area contributed by atoms with Gasteiger partial charge in [-0.3, -0.25) is 0 Å². The summed E-state index contributed by atoms with van der Waals surface area (Å²) in [6.45, 7) is 1.03. The van der Waals surface area contributed by atoms with E-state index in [1.807, 2.05) is 11.3 Å². The highest BCUT2D eigenvalue weighted by molar-refractivity contribution is 9.10. The summed E-state index contributed by atoms with van der Waals surface area (Å²) in [5, 5.41) is 5.77. The maximum absolute atomic E-state index is 3.62. The van der Waals surface area contributed by atoms with Gasteiger partial charge in [-0.1, -0.05) is 0 Å². The topological polar surface area (TPSA) is 12.0 Å². The van der Waals surface area contributed by atoms with Crippen LogP contribution in [0.25, 0.3) is 0 Å². The quantitative estimate of drug-likeness (QED) is 0.915. The lowest BCUT2D eigenvalue weighted by Crippen LogP contribution is -2.32. The number of halogens is 1. The third-order valence-corrected chi connectivity index (χ3v) is 5.26. The predicted octanol–water partition coefficient (Wildman–Crippen LogP) is 3.50. The minimum atomic E-state index is 0.731. The minimum absolute atomic E-state index is 0.731. The molecule has 0 aliphatic carbocycles. The second-order valence-electron chi connectivity index (χ2n) is 3.53. The summed E-state index contributed by atoms with van der Waals surface area (Å²) >= 11 is 7.37. The Morgan fingerprint density at radius 3 is 3.14 bits per heavy atom. The minimum Gasteiger partial charge on any atom is -0.308 e. The van der Waals surface area contributed by atoms with Crippen LogP contribution in [0.1, 0.15) is 17.7 Å². The summed E-state index contributed by atoms with van der Waals surface area (Å²) < 4.78 is 1.21. The molecular formula is C10H14BrNS2. The molecule has 1 saturated heterocycles. The third-order valence-electron chi connectivity index (χ3n) is 2.35. The van der Waals surface area contributed by atoms with Gasteiger partial charge in [0.05, 0.1) is 0 Å². The number of thiophene rings is 1. The van der Waals surface area contributed by atoms with Gasteiger partial charge in [0, 0.05) is 33.1 Å². The van der Waals surface area contributed by atoms with E-state index in [-0.39, 0.29) is 0 Å².